The van der Waals surface area contributed by atoms with E-state index >= 15 is 0 Å². The first kappa shape index (κ1) is 17.9. The maximum absolute atomic E-state index is 12.1. The van der Waals surface area contributed by atoms with Gasteiger partial charge in [0.25, 0.3) is 5.91 Å². The van der Waals surface area contributed by atoms with Gasteiger partial charge in [0.15, 0.2) is 11.3 Å². The summed E-state index contributed by atoms with van der Waals surface area (Å²) in [5, 5.41) is 12.6. The number of carbonyl (C=O) groups is 2. The maximum Gasteiger partial charge on any atom is 0.337 e. The van der Waals surface area contributed by atoms with Crippen molar-refractivity contribution in [3.63, 3.8) is 0 Å². The lowest BCUT2D eigenvalue weighted by atomic mass is 9.95. The number of anilines is 1. The average molecular weight is 399 g/mol. The molecule has 4 N–H and O–H groups in total. The largest absolute Gasteiger partial charge is 0.465 e. The maximum atomic E-state index is 12.1. The number of fused-ring (bicyclic) bond motifs is 2. The molecule has 0 radical (unpaired) electrons. The highest BCUT2D eigenvalue weighted by atomic mass is 16.5. The van der Waals surface area contributed by atoms with Crippen LogP contribution in [0.15, 0.2) is 54.7 Å². The van der Waals surface area contributed by atoms with Crippen LogP contribution in [0.4, 0.5) is 5.69 Å². The summed E-state index contributed by atoms with van der Waals surface area (Å²) in [7, 11) is 1.35. The van der Waals surface area contributed by atoms with Crippen LogP contribution in [0, 0.1) is 0 Å². The number of hydrogen-bond acceptors (Lipinski definition) is 6. The topological polar surface area (TPSA) is 123 Å². The number of H-pyrrole nitrogens is 1. The van der Waals surface area contributed by atoms with Crippen molar-refractivity contribution in [2.24, 2.45) is 5.73 Å². The minimum Gasteiger partial charge on any atom is -0.465 e. The SMILES string of the molecule is COC(=O)c1ccc(C2Nc3ccccc3-c3c(C(N)=O)nnc4[nH]cc2c34)cc1. The Morgan fingerprint density at radius 2 is 1.83 bits per heavy atom. The van der Waals surface area contributed by atoms with Crippen LogP contribution in [-0.4, -0.2) is 34.2 Å². The summed E-state index contributed by atoms with van der Waals surface area (Å²) in [6.07, 6.45) is 1.85. The second-order valence-electron chi connectivity index (χ2n) is 6.99. The predicted octanol–water partition coefficient (Wildman–Crippen LogP) is 3.03. The highest BCUT2D eigenvalue weighted by molar-refractivity contribution is 6.10. The Balaban J connectivity index is 1.77. The molecule has 0 spiro atoms. The molecule has 2 aromatic carbocycles. The van der Waals surface area contributed by atoms with Gasteiger partial charge in [-0.1, -0.05) is 30.3 Å². The Morgan fingerprint density at radius 1 is 1.07 bits per heavy atom. The Bertz CT molecular complexity index is 1310. The average Bonchev–Trinajstić information content (AvgIpc) is 3.14. The number of esters is 1. The molecule has 1 amide bonds. The van der Waals surface area contributed by atoms with Crippen LogP contribution < -0.4 is 11.1 Å². The predicted molar refractivity (Wildman–Crippen MR) is 111 cm³/mol. The molecule has 5 rings (SSSR count). The normalized spacial score (nSPS) is 14.5. The third kappa shape index (κ3) is 2.61. The fourth-order valence-corrected chi connectivity index (χ4v) is 3.95. The minimum absolute atomic E-state index is 0.124. The van der Waals surface area contributed by atoms with Crippen molar-refractivity contribution >= 4 is 28.6 Å². The van der Waals surface area contributed by atoms with Gasteiger partial charge in [-0.25, -0.2) is 4.79 Å². The number of nitrogens with zero attached hydrogens (tertiary/aromatic N) is 2. The molecule has 3 heterocycles. The summed E-state index contributed by atoms with van der Waals surface area (Å²) in [4.78, 5) is 27.1. The molecule has 4 aromatic rings. The molecule has 0 aliphatic carbocycles. The zero-order chi connectivity index (χ0) is 20.8. The lowest BCUT2D eigenvalue weighted by Crippen LogP contribution is -2.15. The molecule has 1 aliphatic rings. The molecule has 2 aromatic heterocycles. The number of methoxy groups -OCH3 is 1. The first-order valence-corrected chi connectivity index (χ1v) is 9.30. The Morgan fingerprint density at radius 3 is 2.57 bits per heavy atom. The number of amides is 1. The van der Waals surface area contributed by atoms with Crippen molar-refractivity contribution in [1.29, 1.82) is 0 Å². The van der Waals surface area contributed by atoms with Crippen LogP contribution in [-0.2, 0) is 4.74 Å². The van der Waals surface area contributed by atoms with Crippen LogP contribution >= 0.6 is 0 Å². The molecular weight excluding hydrogens is 382 g/mol. The minimum atomic E-state index is -0.637. The molecule has 1 aliphatic heterocycles. The zero-order valence-electron chi connectivity index (χ0n) is 16.0. The molecule has 1 atom stereocenters. The molecule has 0 bridgehead atoms. The molecular formula is C22H17N5O3. The number of rotatable bonds is 3. The molecule has 0 saturated heterocycles. The van der Waals surface area contributed by atoms with Crippen LogP contribution in [0.25, 0.3) is 22.2 Å². The number of para-hydroxylation sites is 1. The van der Waals surface area contributed by atoms with Crippen LogP contribution in [0.3, 0.4) is 0 Å². The van der Waals surface area contributed by atoms with E-state index in [1.807, 2.05) is 42.6 Å². The first-order valence-electron chi connectivity index (χ1n) is 9.30. The third-order valence-corrected chi connectivity index (χ3v) is 5.33. The lowest BCUT2D eigenvalue weighted by molar-refractivity contribution is 0.0600. The third-order valence-electron chi connectivity index (χ3n) is 5.33. The summed E-state index contributed by atoms with van der Waals surface area (Å²) in [6.45, 7) is 0. The van der Waals surface area contributed by atoms with Crippen LogP contribution in [0.1, 0.15) is 38.0 Å². The van der Waals surface area contributed by atoms with Crippen molar-refractivity contribution in [2.45, 2.75) is 6.04 Å². The van der Waals surface area contributed by atoms with Gasteiger partial charge in [0, 0.05) is 34.0 Å². The Kier molecular flexibility index (Phi) is 3.99. The van der Waals surface area contributed by atoms with E-state index in [9.17, 15) is 9.59 Å². The lowest BCUT2D eigenvalue weighted by Gasteiger charge is -2.19. The molecule has 148 valence electrons. The number of aromatic amines is 1. The summed E-state index contributed by atoms with van der Waals surface area (Å²) in [5.41, 5.74) is 10.9. The van der Waals surface area contributed by atoms with Crippen molar-refractivity contribution in [2.75, 3.05) is 12.4 Å². The van der Waals surface area contributed by atoms with Gasteiger partial charge in [0.05, 0.1) is 18.7 Å². The highest BCUT2D eigenvalue weighted by Crippen LogP contribution is 2.44. The van der Waals surface area contributed by atoms with Crippen molar-refractivity contribution < 1.29 is 14.3 Å². The number of benzene rings is 2. The van der Waals surface area contributed by atoms with E-state index in [0.29, 0.717) is 16.8 Å². The highest BCUT2D eigenvalue weighted by Gasteiger charge is 2.29. The van der Waals surface area contributed by atoms with Gasteiger partial charge in [0.1, 0.15) is 0 Å². The smallest absolute Gasteiger partial charge is 0.337 e. The molecule has 0 fully saturated rings. The molecule has 30 heavy (non-hydrogen) atoms. The summed E-state index contributed by atoms with van der Waals surface area (Å²) in [5.74, 6) is -1.03. The zero-order valence-corrected chi connectivity index (χ0v) is 16.0. The van der Waals surface area contributed by atoms with E-state index in [1.165, 1.54) is 7.11 Å². The summed E-state index contributed by atoms with van der Waals surface area (Å²) in [6, 6.07) is 14.6. The number of nitrogens with two attached hydrogens (primary N) is 1. The Hall–Kier alpha value is -4.20. The summed E-state index contributed by atoms with van der Waals surface area (Å²) >= 11 is 0. The molecule has 8 heteroatoms. The number of ether oxygens (including phenoxy) is 1. The number of aromatic nitrogens is 3. The molecule has 0 saturated carbocycles. The van der Waals surface area contributed by atoms with Gasteiger partial charge >= 0.3 is 5.97 Å². The van der Waals surface area contributed by atoms with E-state index in [0.717, 1.165) is 27.8 Å². The van der Waals surface area contributed by atoms with Gasteiger partial charge in [-0.2, -0.15) is 0 Å². The van der Waals surface area contributed by atoms with Gasteiger partial charge in [-0.3, -0.25) is 4.79 Å². The molecule has 1 unspecified atom stereocenters. The van der Waals surface area contributed by atoms with Gasteiger partial charge < -0.3 is 20.8 Å². The second kappa shape index (κ2) is 6.70. The van der Waals surface area contributed by atoms with Crippen molar-refractivity contribution in [3.8, 4) is 11.1 Å². The quantitative estimate of drug-likeness (QED) is 0.455. The van der Waals surface area contributed by atoms with E-state index in [1.54, 1.807) is 12.1 Å². The van der Waals surface area contributed by atoms with E-state index in [-0.39, 0.29) is 11.7 Å². The van der Waals surface area contributed by atoms with Gasteiger partial charge in [-0.15, -0.1) is 10.2 Å². The Labute approximate surface area is 171 Å². The number of primary amides is 1. The van der Waals surface area contributed by atoms with Crippen molar-refractivity contribution in [3.05, 3.63) is 77.1 Å². The standard InChI is InChI=1S/C22H17N5O3/c1-30-22(29)12-8-6-11(7-9-12)18-14-10-24-21-17(14)16(19(20(23)28)26-27-21)13-4-2-3-5-15(13)25-18/h2-10,18,25H,1H3,(H2,23,28)(H,24,27). The molecule has 8 nitrogen and oxygen atoms in total. The number of hydrogen-bond donors (Lipinski definition) is 3. The number of carbonyl (C=O) groups excluding carboxylic acids is 2. The fraction of sp³-hybridized carbons (Fsp3) is 0.0909. The van der Waals surface area contributed by atoms with E-state index < -0.39 is 11.9 Å². The van der Waals surface area contributed by atoms with E-state index in [4.69, 9.17) is 10.5 Å². The van der Waals surface area contributed by atoms with Gasteiger partial charge in [-0.05, 0) is 23.8 Å². The fourth-order valence-electron chi connectivity index (χ4n) is 3.95. The monoisotopic (exact) mass is 399 g/mol. The van der Waals surface area contributed by atoms with Gasteiger partial charge in [0.2, 0.25) is 0 Å². The number of nitrogens with one attached hydrogen (secondary N) is 2. The summed E-state index contributed by atoms with van der Waals surface area (Å²) < 4.78 is 4.79. The first-order chi connectivity index (χ1) is 14.6. The van der Waals surface area contributed by atoms with Crippen LogP contribution in [0.5, 0.6) is 0 Å². The van der Waals surface area contributed by atoms with Crippen LogP contribution in [0.2, 0.25) is 0 Å². The second-order valence-corrected chi connectivity index (χ2v) is 6.99. The van der Waals surface area contributed by atoms with E-state index in [2.05, 4.69) is 20.5 Å². The van der Waals surface area contributed by atoms with Crippen molar-refractivity contribution in [1.82, 2.24) is 15.2 Å².